The van der Waals surface area contributed by atoms with Crippen LogP contribution in [0.4, 0.5) is 0 Å². The molecule has 2 nitrogen and oxygen atoms in total. The molecule has 1 atom stereocenters. The smallest absolute Gasteiger partial charge is 0.137 e. The zero-order valence-corrected chi connectivity index (χ0v) is 8.59. The van der Waals surface area contributed by atoms with Crippen LogP contribution in [0.15, 0.2) is 24.3 Å². The molecule has 1 aromatic carbocycles. The lowest BCUT2D eigenvalue weighted by Crippen LogP contribution is -2.05. The molecule has 0 heterocycles. The van der Waals surface area contributed by atoms with Crippen molar-refractivity contribution in [3.8, 4) is 5.75 Å². The average Bonchev–Trinajstić information content (AvgIpc) is 2.17. The predicted molar refractivity (Wildman–Crippen MR) is 53.4 cm³/mol. The maximum atomic E-state index is 9.46. The van der Waals surface area contributed by atoms with Crippen molar-refractivity contribution in [1.29, 1.82) is 0 Å². The van der Waals surface area contributed by atoms with E-state index in [0.717, 1.165) is 5.75 Å². The lowest BCUT2D eigenvalue weighted by molar-refractivity contribution is 0.192. The summed E-state index contributed by atoms with van der Waals surface area (Å²) >= 11 is 11.0. The van der Waals surface area contributed by atoms with Crippen molar-refractivity contribution in [2.75, 3.05) is 7.11 Å². The predicted octanol–water partition coefficient (Wildman–Crippen LogP) is 2.53. The minimum absolute atomic E-state index is 0.677. The van der Waals surface area contributed by atoms with Crippen molar-refractivity contribution in [2.45, 2.75) is 10.9 Å². The Morgan fingerprint density at radius 3 is 2.15 bits per heavy atom. The van der Waals surface area contributed by atoms with E-state index in [1.807, 2.05) is 0 Å². The molecule has 0 saturated carbocycles. The molecule has 0 saturated heterocycles. The lowest BCUT2D eigenvalue weighted by atomic mass is 10.1. The average molecular weight is 221 g/mol. The quantitative estimate of drug-likeness (QED) is 0.794. The van der Waals surface area contributed by atoms with Gasteiger partial charge >= 0.3 is 0 Å². The Bertz CT molecular complexity index is 259. The topological polar surface area (TPSA) is 29.5 Å². The SMILES string of the molecule is COc1ccc(C(O)C(Cl)Cl)cc1. The fraction of sp³-hybridized carbons (Fsp3) is 0.333. The van der Waals surface area contributed by atoms with Crippen LogP contribution in [0.5, 0.6) is 5.75 Å². The summed E-state index contributed by atoms with van der Waals surface area (Å²) in [4.78, 5) is -0.812. The van der Waals surface area contributed by atoms with E-state index >= 15 is 0 Å². The summed E-state index contributed by atoms with van der Waals surface area (Å²) in [6, 6.07) is 6.94. The third-order valence-corrected chi connectivity index (χ3v) is 2.17. The summed E-state index contributed by atoms with van der Waals surface area (Å²) < 4.78 is 4.96. The third kappa shape index (κ3) is 2.76. The van der Waals surface area contributed by atoms with Crippen LogP contribution in [-0.4, -0.2) is 17.1 Å². The van der Waals surface area contributed by atoms with Crippen molar-refractivity contribution < 1.29 is 9.84 Å². The molecular weight excluding hydrogens is 211 g/mol. The molecule has 0 aliphatic heterocycles. The van der Waals surface area contributed by atoms with Gasteiger partial charge in [0.25, 0.3) is 0 Å². The van der Waals surface area contributed by atoms with Gasteiger partial charge in [-0.2, -0.15) is 0 Å². The highest BCUT2D eigenvalue weighted by Gasteiger charge is 2.15. The van der Waals surface area contributed by atoms with Crippen molar-refractivity contribution in [2.24, 2.45) is 0 Å². The van der Waals surface area contributed by atoms with Gasteiger partial charge < -0.3 is 9.84 Å². The van der Waals surface area contributed by atoms with Crippen LogP contribution in [0.25, 0.3) is 0 Å². The summed E-state index contributed by atoms with van der Waals surface area (Å²) in [6.45, 7) is 0. The van der Waals surface area contributed by atoms with Gasteiger partial charge in [0, 0.05) is 0 Å². The van der Waals surface area contributed by atoms with Crippen LogP contribution in [-0.2, 0) is 0 Å². The number of aliphatic hydroxyl groups excluding tert-OH is 1. The van der Waals surface area contributed by atoms with Gasteiger partial charge in [-0.3, -0.25) is 0 Å². The number of ether oxygens (including phenoxy) is 1. The summed E-state index contributed by atoms with van der Waals surface area (Å²) in [5.74, 6) is 0.733. The van der Waals surface area contributed by atoms with Crippen LogP contribution >= 0.6 is 23.2 Å². The van der Waals surface area contributed by atoms with Crippen LogP contribution in [0.1, 0.15) is 11.7 Å². The van der Waals surface area contributed by atoms with Crippen LogP contribution < -0.4 is 4.74 Å². The number of benzene rings is 1. The standard InChI is InChI=1S/C9H10Cl2O2/c1-13-7-4-2-6(3-5-7)8(12)9(10)11/h2-5,8-9,12H,1H3. The van der Waals surface area contributed by atoms with Gasteiger partial charge in [-0.05, 0) is 17.7 Å². The summed E-state index contributed by atoms with van der Waals surface area (Å²) in [6.07, 6.45) is -0.853. The van der Waals surface area contributed by atoms with Gasteiger partial charge in [-0.25, -0.2) is 0 Å². The Morgan fingerprint density at radius 2 is 1.77 bits per heavy atom. The molecule has 0 aliphatic carbocycles. The molecule has 0 bridgehead atoms. The first-order valence-corrected chi connectivity index (χ1v) is 4.62. The monoisotopic (exact) mass is 220 g/mol. The molecule has 13 heavy (non-hydrogen) atoms. The molecule has 0 spiro atoms. The maximum Gasteiger partial charge on any atom is 0.137 e. The number of alkyl halides is 2. The van der Waals surface area contributed by atoms with Crippen LogP contribution in [0.2, 0.25) is 0 Å². The van der Waals surface area contributed by atoms with Gasteiger partial charge in [-0.1, -0.05) is 12.1 Å². The molecule has 4 heteroatoms. The number of halogens is 2. The molecule has 0 fully saturated rings. The molecule has 1 unspecified atom stereocenters. The van der Waals surface area contributed by atoms with Gasteiger partial charge in [0.1, 0.15) is 16.7 Å². The second-order valence-corrected chi connectivity index (χ2v) is 3.72. The van der Waals surface area contributed by atoms with Crippen molar-refractivity contribution in [3.63, 3.8) is 0 Å². The molecule has 0 aromatic heterocycles. The molecule has 72 valence electrons. The first-order chi connectivity index (χ1) is 6.15. The van der Waals surface area contributed by atoms with E-state index in [1.165, 1.54) is 0 Å². The number of methoxy groups -OCH3 is 1. The van der Waals surface area contributed by atoms with Crippen LogP contribution in [0.3, 0.4) is 0 Å². The zero-order valence-electron chi connectivity index (χ0n) is 7.08. The fourth-order valence-corrected chi connectivity index (χ4v) is 1.24. The molecule has 1 aromatic rings. The highest BCUT2D eigenvalue weighted by atomic mass is 35.5. The summed E-state index contributed by atoms with van der Waals surface area (Å²) in [5.41, 5.74) is 0.677. The van der Waals surface area contributed by atoms with Gasteiger partial charge in [0.05, 0.1) is 7.11 Å². The van der Waals surface area contributed by atoms with E-state index in [4.69, 9.17) is 27.9 Å². The maximum absolute atomic E-state index is 9.46. The Labute approximate surface area is 87.0 Å². The largest absolute Gasteiger partial charge is 0.497 e. The molecule has 1 rings (SSSR count). The second-order valence-electron chi connectivity index (χ2n) is 2.55. The first-order valence-electron chi connectivity index (χ1n) is 3.75. The van der Waals surface area contributed by atoms with Crippen molar-refractivity contribution in [1.82, 2.24) is 0 Å². The Balaban J connectivity index is 2.79. The number of aliphatic hydroxyl groups is 1. The third-order valence-electron chi connectivity index (χ3n) is 1.70. The van der Waals surface area contributed by atoms with E-state index in [0.29, 0.717) is 5.56 Å². The molecule has 0 amide bonds. The van der Waals surface area contributed by atoms with Crippen molar-refractivity contribution in [3.05, 3.63) is 29.8 Å². The fourth-order valence-electron chi connectivity index (χ4n) is 0.947. The number of hydrogen-bond donors (Lipinski definition) is 1. The van der Waals surface area contributed by atoms with E-state index in [2.05, 4.69) is 0 Å². The highest BCUT2D eigenvalue weighted by molar-refractivity contribution is 6.44. The normalized spacial score (nSPS) is 13.0. The lowest BCUT2D eigenvalue weighted by Gasteiger charge is -2.11. The first kappa shape index (κ1) is 10.6. The van der Waals surface area contributed by atoms with E-state index < -0.39 is 10.9 Å². The van der Waals surface area contributed by atoms with E-state index in [1.54, 1.807) is 31.4 Å². The zero-order chi connectivity index (χ0) is 9.84. The molecule has 0 radical (unpaired) electrons. The minimum atomic E-state index is -0.853. The van der Waals surface area contributed by atoms with Gasteiger partial charge in [0.2, 0.25) is 0 Å². The second kappa shape index (κ2) is 4.70. The molecule has 0 aliphatic rings. The summed E-state index contributed by atoms with van der Waals surface area (Å²) in [7, 11) is 1.58. The van der Waals surface area contributed by atoms with Crippen molar-refractivity contribution >= 4 is 23.2 Å². The van der Waals surface area contributed by atoms with E-state index in [-0.39, 0.29) is 0 Å². The number of hydrogen-bond acceptors (Lipinski definition) is 2. The van der Waals surface area contributed by atoms with E-state index in [9.17, 15) is 5.11 Å². The van der Waals surface area contributed by atoms with Gasteiger partial charge in [0.15, 0.2) is 0 Å². The number of rotatable bonds is 3. The Hall–Kier alpha value is -0.440. The van der Waals surface area contributed by atoms with Crippen LogP contribution in [0, 0.1) is 0 Å². The Kier molecular flexibility index (Phi) is 3.85. The summed E-state index contributed by atoms with van der Waals surface area (Å²) in [5, 5.41) is 9.46. The molecule has 1 N–H and O–H groups in total. The Morgan fingerprint density at radius 1 is 1.23 bits per heavy atom. The van der Waals surface area contributed by atoms with Gasteiger partial charge in [-0.15, -0.1) is 23.2 Å². The minimum Gasteiger partial charge on any atom is -0.497 e. The highest BCUT2D eigenvalue weighted by Crippen LogP contribution is 2.25. The molecular formula is C9H10Cl2O2.